The van der Waals surface area contributed by atoms with Gasteiger partial charge in [-0.15, -0.1) is 0 Å². The monoisotopic (exact) mass is 933 g/mol. The first-order valence-corrected chi connectivity index (χ1v) is 22.6. The molecule has 4 N–H and O–H groups in total. The van der Waals surface area contributed by atoms with E-state index in [1.165, 1.54) is 27.0 Å². The van der Waals surface area contributed by atoms with E-state index in [1.54, 1.807) is 57.6 Å². The summed E-state index contributed by atoms with van der Waals surface area (Å²) in [6, 6.07) is 5.07. The number of phenolic OH excluding ortho intramolecular Hbond substituents is 1. The number of anilines is 1. The van der Waals surface area contributed by atoms with Gasteiger partial charge in [0, 0.05) is 64.3 Å². The van der Waals surface area contributed by atoms with Crippen molar-refractivity contribution in [1.29, 1.82) is 0 Å². The number of phenols is 1. The Hall–Kier alpha value is -5.81. The Morgan fingerprint density at radius 3 is 2.36 bits per heavy atom. The number of amides is 1. The van der Waals surface area contributed by atoms with Gasteiger partial charge >= 0.3 is 11.8 Å². The molecule has 3 aliphatic heterocycles. The number of hydrogen-bond acceptors (Lipinski definition) is 15. The van der Waals surface area contributed by atoms with Gasteiger partial charge in [0.2, 0.25) is 0 Å². The number of fused-ring (bicyclic) bond motifs is 14. The van der Waals surface area contributed by atoms with Crippen LogP contribution < -0.4 is 20.2 Å². The molecule has 4 aromatic rings. The Bertz CT molecular complexity index is 2510. The first kappa shape index (κ1) is 55.5. The van der Waals surface area contributed by atoms with Gasteiger partial charge < -0.3 is 53.6 Å². The number of esters is 1. The number of nitrogens with one attached hydrogen (secondary N) is 1. The minimum atomic E-state index is -1.95. The van der Waals surface area contributed by atoms with Crippen LogP contribution in [-0.2, 0) is 23.8 Å². The van der Waals surface area contributed by atoms with Gasteiger partial charge in [0.1, 0.15) is 34.3 Å². The largest absolute Gasteiger partial charge is 0.505 e. The molecule has 1 aromatic heterocycles. The van der Waals surface area contributed by atoms with Crippen LogP contribution in [0.15, 0.2) is 63.6 Å². The van der Waals surface area contributed by atoms with Crippen LogP contribution in [0.4, 0.5) is 5.69 Å². The lowest BCUT2D eigenvalue weighted by atomic mass is 9.87. The maximum absolute atomic E-state index is 14.5. The lowest BCUT2D eigenvalue weighted by molar-refractivity contribution is -0.157. The van der Waals surface area contributed by atoms with Crippen LogP contribution in [0, 0.1) is 24.7 Å². The lowest BCUT2D eigenvalue weighted by Crippen LogP contribution is -2.38. The maximum Gasteiger partial charge on any atom is 0.312 e. The zero-order valence-electron chi connectivity index (χ0n) is 41.6. The molecular weight excluding hydrogens is 863 g/mol. The number of ketones is 1. The van der Waals surface area contributed by atoms with Crippen molar-refractivity contribution in [3.05, 3.63) is 75.7 Å². The van der Waals surface area contributed by atoms with Gasteiger partial charge in [0.15, 0.2) is 22.3 Å². The molecule has 0 fully saturated rings. The normalized spacial score (nSPS) is 23.8. The summed E-state index contributed by atoms with van der Waals surface area (Å²) in [5, 5.41) is 32.8. The van der Waals surface area contributed by atoms with Gasteiger partial charge in [-0.25, -0.2) is 4.98 Å². The standard InChI is InChI=1S/C46H55N3O11.C2H6O.C2H6.CH4O/c1-24-13-10-14-27(4)45(55)48-38-40(53)35-34(37-43(38)59-33-23-30(16-17-31(33)47-37)56-19-12-18-49(8)9)36-42(28(5)39(35)52)60-46(7,44(36)54)57-20-11-15-26(3)41(58-29(6)50)32(51)22-25(2)21-24;1-3-2;2*1-2/h10-11,13-14,16-17,20,23-26,32,41,51,53H,12,15,18-19,21-22H2,1-9H3,(H,48,55);1-2H3;1-2H3;2H,1H3/b13-10+,20-11+,27-14-;;;/t24?,25-,26-,32?,41?,46+;;;/m1.../s1. The first-order chi connectivity index (χ1) is 31.8. The van der Waals surface area contributed by atoms with Gasteiger partial charge in [0.05, 0.1) is 29.9 Å². The van der Waals surface area contributed by atoms with E-state index in [1.807, 2.05) is 54.8 Å². The molecule has 0 aliphatic carbocycles. The predicted molar refractivity (Wildman–Crippen MR) is 261 cm³/mol. The number of hydrogen-bond donors (Lipinski definition) is 4. The molecule has 16 nitrogen and oxygen atoms in total. The number of carbonyl (C=O) groups excluding carboxylic acids is 3. The molecule has 16 heteroatoms. The SMILES string of the molecule is CC.CC(=O)OC1C(O)C[C@H](C)CC(C)/C=C/C=C(/C)C(=O)Nc2c(O)c3c(=O)c(C)c4c(c3c3nc5ccc(OCCCN(C)C)cc5oc23)C(=O)[C@@](C)(O/C=C/C[C@H]1C)O4.CO.COC. The molecular formula is C51H71N3O13. The zero-order valence-corrected chi connectivity index (χ0v) is 41.6. The van der Waals surface area contributed by atoms with E-state index >= 15 is 0 Å². The quantitative estimate of drug-likeness (QED) is 0.0470. The maximum atomic E-state index is 14.5. The predicted octanol–water partition coefficient (Wildman–Crippen LogP) is 8.38. The fraction of sp³-hybridized carbons (Fsp3) is 0.510. The topological polar surface area (TPSA) is 216 Å². The third-order valence-corrected chi connectivity index (χ3v) is 11.1. The number of aromatic hydroxyl groups is 1. The number of rotatable bonds is 6. The Morgan fingerprint density at radius 1 is 1.04 bits per heavy atom. The van der Waals surface area contributed by atoms with Gasteiger partial charge in [-0.05, 0) is 89.6 Å². The second kappa shape index (κ2) is 25.4. The van der Waals surface area contributed by atoms with Crippen molar-refractivity contribution in [2.45, 2.75) is 106 Å². The second-order valence-electron chi connectivity index (χ2n) is 17.0. The van der Waals surface area contributed by atoms with E-state index in [4.69, 9.17) is 33.5 Å². The van der Waals surface area contributed by atoms with E-state index in [2.05, 4.69) is 15.0 Å². The van der Waals surface area contributed by atoms with Crippen molar-refractivity contribution in [2.24, 2.45) is 17.8 Å². The number of methoxy groups -OCH3 is 1. The lowest BCUT2D eigenvalue weighted by Gasteiger charge is -2.29. The van der Waals surface area contributed by atoms with Crippen LogP contribution in [0.1, 0.15) is 97.0 Å². The molecule has 0 saturated heterocycles. The molecule has 0 radical (unpaired) electrons. The highest BCUT2D eigenvalue weighted by atomic mass is 16.7. The van der Waals surface area contributed by atoms with Crippen molar-refractivity contribution in [2.75, 3.05) is 53.9 Å². The molecule has 3 unspecified atom stereocenters. The van der Waals surface area contributed by atoms with Gasteiger partial charge in [-0.3, -0.25) is 19.2 Å². The molecule has 3 aliphatic rings. The molecule has 7 rings (SSSR count). The number of allylic oxidation sites excluding steroid dienone is 4. The number of nitrogens with zero attached hydrogens (tertiary/aromatic N) is 2. The Balaban J connectivity index is 0.00000161. The fourth-order valence-corrected chi connectivity index (χ4v) is 7.91. The number of benzene rings is 3. The summed E-state index contributed by atoms with van der Waals surface area (Å²) in [5.41, 5.74) is -0.0369. The Labute approximate surface area is 393 Å². The number of aromatic nitrogens is 1. The number of aliphatic hydroxyl groups excluding tert-OH is 2. The molecule has 67 heavy (non-hydrogen) atoms. The smallest absolute Gasteiger partial charge is 0.312 e. The molecule has 6 atom stereocenters. The number of aliphatic hydroxyl groups is 2. The summed E-state index contributed by atoms with van der Waals surface area (Å²) in [6.07, 6.45) is 8.73. The molecule has 1 amide bonds. The minimum absolute atomic E-state index is 0.0261. The van der Waals surface area contributed by atoms with Gasteiger partial charge in [-0.2, -0.15) is 0 Å². The van der Waals surface area contributed by atoms with E-state index in [9.17, 15) is 29.4 Å². The summed E-state index contributed by atoms with van der Waals surface area (Å²) in [4.78, 5) is 61.6. The third kappa shape index (κ3) is 13.4. The zero-order chi connectivity index (χ0) is 50.3. The highest BCUT2D eigenvalue weighted by Crippen LogP contribution is 2.48. The average Bonchev–Trinajstić information content (AvgIpc) is 3.55. The Kier molecular flexibility index (Phi) is 21.0. The van der Waals surface area contributed by atoms with E-state index in [-0.39, 0.29) is 73.3 Å². The fourth-order valence-electron chi connectivity index (χ4n) is 7.91. The van der Waals surface area contributed by atoms with Crippen molar-refractivity contribution < 1.29 is 57.8 Å². The minimum Gasteiger partial charge on any atom is -0.505 e. The highest BCUT2D eigenvalue weighted by Gasteiger charge is 2.49. The van der Waals surface area contributed by atoms with Crippen LogP contribution in [0.25, 0.3) is 33.0 Å². The summed E-state index contributed by atoms with van der Waals surface area (Å²) < 4.78 is 34.5. The third-order valence-electron chi connectivity index (χ3n) is 11.1. The first-order valence-electron chi connectivity index (χ1n) is 22.6. The van der Waals surface area contributed by atoms with Crippen LogP contribution in [0.2, 0.25) is 0 Å². The van der Waals surface area contributed by atoms with E-state index < -0.39 is 46.8 Å². The number of carbonyl (C=O) groups is 3. The van der Waals surface area contributed by atoms with E-state index in [0.717, 1.165) is 20.1 Å². The van der Waals surface area contributed by atoms with E-state index in [0.29, 0.717) is 37.1 Å². The number of ether oxygens (including phenoxy) is 5. The van der Waals surface area contributed by atoms with Crippen LogP contribution in [-0.4, -0.2) is 109 Å². The molecule has 5 bridgehead atoms. The van der Waals surface area contributed by atoms with Crippen molar-refractivity contribution in [3.63, 3.8) is 0 Å². The summed E-state index contributed by atoms with van der Waals surface area (Å²) in [6.45, 7) is 17.0. The van der Waals surface area contributed by atoms with Gasteiger partial charge in [0.25, 0.3) is 11.7 Å². The van der Waals surface area contributed by atoms with Crippen LogP contribution in [0.3, 0.4) is 0 Å². The van der Waals surface area contributed by atoms with Crippen molar-refractivity contribution in [3.8, 4) is 17.2 Å². The number of Topliss-reactive ketones (excluding diaryl/α,β-unsaturated/α-hetero) is 1. The molecule has 4 heterocycles. The molecule has 0 spiro atoms. The molecule has 3 aromatic carbocycles. The van der Waals surface area contributed by atoms with Crippen LogP contribution in [0.5, 0.6) is 17.2 Å². The molecule has 368 valence electrons. The highest BCUT2D eigenvalue weighted by molar-refractivity contribution is 6.26. The Morgan fingerprint density at radius 2 is 1.72 bits per heavy atom. The summed E-state index contributed by atoms with van der Waals surface area (Å²) in [7, 11) is 8.21. The van der Waals surface area contributed by atoms with Crippen LogP contribution >= 0.6 is 0 Å². The van der Waals surface area contributed by atoms with Crippen molar-refractivity contribution >= 4 is 56.3 Å². The summed E-state index contributed by atoms with van der Waals surface area (Å²) >= 11 is 0. The van der Waals surface area contributed by atoms with Gasteiger partial charge in [-0.1, -0.05) is 52.8 Å². The summed E-state index contributed by atoms with van der Waals surface area (Å²) in [5.74, 6) is -4.07. The average molecular weight is 934 g/mol. The van der Waals surface area contributed by atoms with Crippen molar-refractivity contribution in [1.82, 2.24) is 9.88 Å². The molecule has 0 saturated carbocycles. The second-order valence-corrected chi connectivity index (χ2v) is 17.0.